The standard InChI is InChI=1S/C18H18N2O2/c1-14-8-3-5-11-16(14)20-18(21)19-13-7-10-15-9-4-6-12-17(15)22-2/h3-6,8-9,11-12H,13H2,1-2H3,(H2,19,20,21). The first-order chi connectivity index (χ1) is 10.7. The van der Waals surface area contributed by atoms with E-state index in [0.717, 1.165) is 22.6 Å². The van der Waals surface area contributed by atoms with Crippen LogP contribution in [0.4, 0.5) is 10.5 Å². The van der Waals surface area contributed by atoms with Crippen molar-refractivity contribution in [1.82, 2.24) is 5.32 Å². The molecule has 0 saturated heterocycles. The van der Waals surface area contributed by atoms with Gasteiger partial charge in [0, 0.05) is 5.69 Å². The first-order valence-corrected chi connectivity index (χ1v) is 6.93. The Morgan fingerprint density at radius 3 is 2.64 bits per heavy atom. The van der Waals surface area contributed by atoms with Crippen LogP contribution >= 0.6 is 0 Å². The molecule has 0 aromatic heterocycles. The van der Waals surface area contributed by atoms with Crippen LogP contribution in [-0.4, -0.2) is 19.7 Å². The molecule has 0 aliphatic heterocycles. The van der Waals surface area contributed by atoms with E-state index in [4.69, 9.17) is 4.74 Å². The number of methoxy groups -OCH3 is 1. The summed E-state index contributed by atoms with van der Waals surface area (Å²) in [7, 11) is 1.61. The number of hydrogen-bond donors (Lipinski definition) is 2. The lowest BCUT2D eigenvalue weighted by Gasteiger charge is -2.07. The van der Waals surface area contributed by atoms with E-state index < -0.39 is 0 Å². The molecule has 0 spiro atoms. The largest absolute Gasteiger partial charge is 0.495 e. The van der Waals surface area contributed by atoms with E-state index in [2.05, 4.69) is 22.5 Å². The van der Waals surface area contributed by atoms with E-state index in [0.29, 0.717) is 0 Å². The topological polar surface area (TPSA) is 50.4 Å². The lowest BCUT2D eigenvalue weighted by molar-refractivity contribution is 0.253. The van der Waals surface area contributed by atoms with E-state index in [1.807, 2.05) is 55.5 Å². The highest BCUT2D eigenvalue weighted by Crippen LogP contribution is 2.15. The predicted octanol–water partition coefficient (Wildman–Crippen LogP) is 3.18. The van der Waals surface area contributed by atoms with Crippen molar-refractivity contribution in [1.29, 1.82) is 0 Å². The van der Waals surface area contributed by atoms with Crippen LogP contribution in [0.2, 0.25) is 0 Å². The Hall–Kier alpha value is -2.93. The third kappa shape index (κ3) is 4.29. The fourth-order valence-corrected chi connectivity index (χ4v) is 1.89. The second-order valence-electron chi connectivity index (χ2n) is 4.62. The van der Waals surface area contributed by atoms with Crippen LogP contribution in [0.5, 0.6) is 5.75 Å². The fraction of sp³-hybridized carbons (Fsp3) is 0.167. The van der Waals surface area contributed by atoms with Gasteiger partial charge in [0.2, 0.25) is 0 Å². The molecule has 0 aliphatic rings. The first kappa shape index (κ1) is 15.5. The van der Waals surface area contributed by atoms with E-state index >= 15 is 0 Å². The fourth-order valence-electron chi connectivity index (χ4n) is 1.89. The molecule has 2 aromatic carbocycles. The summed E-state index contributed by atoms with van der Waals surface area (Å²) in [6.45, 7) is 2.20. The second-order valence-corrected chi connectivity index (χ2v) is 4.62. The molecule has 22 heavy (non-hydrogen) atoms. The zero-order valence-electron chi connectivity index (χ0n) is 12.6. The Morgan fingerprint density at radius 1 is 1.14 bits per heavy atom. The molecule has 0 heterocycles. The molecule has 2 rings (SSSR count). The van der Waals surface area contributed by atoms with Crippen LogP contribution in [0.3, 0.4) is 0 Å². The van der Waals surface area contributed by atoms with Crippen LogP contribution in [0.25, 0.3) is 0 Å². The Bertz CT molecular complexity index is 714. The Morgan fingerprint density at radius 2 is 1.86 bits per heavy atom. The summed E-state index contributed by atoms with van der Waals surface area (Å²) < 4.78 is 5.21. The summed E-state index contributed by atoms with van der Waals surface area (Å²) in [6.07, 6.45) is 0. The van der Waals surface area contributed by atoms with E-state index in [-0.39, 0.29) is 12.6 Å². The highest BCUT2D eigenvalue weighted by Gasteiger charge is 2.02. The molecule has 0 aliphatic carbocycles. The molecule has 2 N–H and O–H groups in total. The van der Waals surface area contributed by atoms with Crippen LogP contribution in [0.1, 0.15) is 11.1 Å². The number of aryl methyl sites for hydroxylation is 1. The minimum absolute atomic E-state index is 0.260. The highest BCUT2D eigenvalue weighted by molar-refractivity contribution is 5.90. The number of nitrogens with one attached hydrogen (secondary N) is 2. The Kier molecular flexibility index (Phi) is 5.44. The molecular formula is C18H18N2O2. The van der Waals surface area contributed by atoms with Gasteiger partial charge in [-0.15, -0.1) is 0 Å². The minimum Gasteiger partial charge on any atom is -0.495 e. The number of benzene rings is 2. The minimum atomic E-state index is -0.274. The third-order valence-corrected chi connectivity index (χ3v) is 3.06. The highest BCUT2D eigenvalue weighted by atomic mass is 16.5. The van der Waals surface area contributed by atoms with Gasteiger partial charge in [-0.25, -0.2) is 4.79 Å². The average Bonchev–Trinajstić information content (AvgIpc) is 2.54. The molecule has 0 unspecified atom stereocenters. The van der Waals surface area contributed by atoms with E-state index in [1.165, 1.54) is 0 Å². The number of amides is 2. The van der Waals surface area contributed by atoms with Gasteiger partial charge in [-0.05, 0) is 30.7 Å². The van der Waals surface area contributed by atoms with Crippen LogP contribution in [0, 0.1) is 18.8 Å². The van der Waals surface area contributed by atoms with Crippen molar-refractivity contribution in [3.05, 3.63) is 59.7 Å². The number of carbonyl (C=O) groups is 1. The normalized spacial score (nSPS) is 9.36. The maximum absolute atomic E-state index is 11.8. The lowest BCUT2D eigenvalue weighted by Crippen LogP contribution is -2.29. The number of hydrogen-bond acceptors (Lipinski definition) is 2. The Labute approximate surface area is 130 Å². The molecular weight excluding hydrogens is 276 g/mol. The molecule has 0 fully saturated rings. The molecule has 0 atom stereocenters. The van der Waals surface area contributed by atoms with Gasteiger partial charge in [-0.1, -0.05) is 42.2 Å². The van der Waals surface area contributed by atoms with Crippen molar-refractivity contribution in [3.63, 3.8) is 0 Å². The van der Waals surface area contributed by atoms with Crippen molar-refractivity contribution in [3.8, 4) is 17.6 Å². The molecule has 2 aromatic rings. The number of rotatable bonds is 3. The van der Waals surface area contributed by atoms with Crippen molar-refractivity contribution < 1.29 is 9.53 Å². The average molecular weight is 294 g/mol. The van der Waals surface area contributed by atoms with Crippen molar-refractivity contribution in [2.24, 2.45) is 0 Å². The summed E-state index contributed by atoms with van der Waals surface area (Å²) in [5.74, 6) is 6.60. The smallest absolute Gasteiger partial charge is 0.320 e. The molecule has 112 valence electrons. The van der Waals surface area contributed by atoms with E-state index in [1.54, 1.807) is 7.11 Å². The predicted molar refractivity (Wildman–Crippen MR) is 88.1 cm³/mol. The van der Waals surface area contributed by atoms with Crippen molar-refractivity contribution >= 4 is 11.7 Å². The summed E-state index contributed by atoms with van der Waals surface area (Å²) in [5, 5.41) is 5.49. The van der Waals surface area contributed by atoms with Crippen molar-refractivity contribution in [2.75, 3.05) is 19.0 Å². The number of anilines is 1. The zero-order valence-corrected chi connectivity index (χ0v) is 12.6. The van der Waals surface area contributed by atoms with Gasteiger partial charge in [0.1, 0.15) is 5.75 Å². The molecule has 2 amide bonds. The number of urea groups is 1. The van der Waals surface area contributed by atoms with Gasteiger partial charge in [0.05, 0.1) is 19.2 Å². The van der Waals surface area contributed by atoms with Gasteiger partial charge in [0.25, 0.3) is 0 Å². The summed E-state index contributed by atoms with van der Waals surface area (Å²) in [6, 6.07) is 14.8. The molecule has 4 heteroatoms. The molecule has 0 radical (unpaired) electrons. The lowest BCUT2D eigenvalue weighted by atomic mass is 10.2. The summed E-state index contributed by atoms with van der Waals surface area (Å²) in [5.41, 5.74) is 2.60. The maximum Gasteiger partial charge on any atom is 0.320 e. The molecule has 0 saturated carbocycles. The zero-order chi connectivity index (χ0) is 15.8. The number of ether oxygens (including phenoxy) is 1. The number of carbonyl (C=O) groups excluding carboxylic acids is 1. The quantitative estimate of drug-likeness (QED) is 0.854. The molecule has 0 bridgehead atoms. The van der Waals surface area contributed by atoms with Gasteiger partial charge in [-0.2, -0.15) is 0 Å². The van der Waals surface area contributed by atoms with Crippen LogP contribution in [-0.2, 0) is 0 Å². The SMILES string of the molecule is COc1ccccc1C#CCNC(=O)Nc1ccccc1C. The van der Waals surface area contributed by atoms with Gasteiger partial charge >= 0.3 is 6.03 Å². The maximum atomic E-state index is 11.8. The molecule has 4 nitrogen and oxygen atoms in total. The van der Waals surface area contributed by atoms with Gasteiger partial charge < -0.3 is 15.4 Å². The summed E-state index contributed by atoms with van der Waals surface area (Å²) >= 11 is 0. The van der Waals surface area contributed by atoms with Gasteiger partial charge in [-0.3, -0.25) is 0 Å². The Balaban J connectivity index is 1.88. The van der Waals surface area contributed by atoms with Crippen molar-refractivity contribution in [2.45, 2.75) is 6.92 Å². The third-order valence-electron chi connectivity index (χ3n) is 3.06. The van der Waals surface area contributed by atoms with Crippen LogP contribution in [0.15, 0.2) is 48.5 Å². The first-order valence-electron chi connectivity index (χ1n) is 6.93. The van der Waals surface area contributed by atoms with E-state index in [9.17, 15) is 4.79 Å². The van der Waals surface area contributed by atoms with Gasteiger partial charge in [0.15, 0.2) is 0 Å². The monoisotopic (exact) mass is 294 g/mol. The van der Waals surface area contributed by atoms with Crippen LogP contribution < -0.4 is 15.4 Å². The summed E-state index contributed by atoms with van der Waals surface area (Å²) in [4.78, 5) is 11.8. The number of para-hydroxylation sites is 2. The second kappa shape index (κ2) is 7.75.